The minimum atomic E-state index is 0.378. The molecule has 2 heterocycles. The van der Waals surface area contributed by atoms with E-state index in [4.69, 9.17) is 13.9 Å². The van der Waals surface area contributed by atoms with Crippen LogP contribution < -0.4 is 9.47 Å². The van der Waals surface area contributed by atoms with E-state index in [1.807, 2.05) is 54.6 Å². The summed E-state index contributed by atoms with van der Waals surface area (Å²) >= 11 is 1.70. The summed E-state index contributed by atoms with van der Waals surface area (Å²) in [6.07, 6.45) is 2.30. The van der Waals surface area contributed by atoms with Crippen molar-refractivity contribution in [2.45, 2.75) is 25.0 Å². The van der Waals surface area contributed by atoms with Crippen LogP contribution in [0.15, 0.2) is 59.0 Å². The fraction of sp³-hybridized carbons (Fsp3) is 0.400. The molecule has 0 unspecified atom stereocenters. The number of Topliss-reactive ketones (excluding diaryl/α,β-unsaturated/α-hetero) is 1. The maximum absolute atomic E-state index is 11.3. The fourth-order valence-electron chi connectivity index (χ4n) is 3.52. The van der Waals surface area contributed by atoms with Gasteiger partial charge in [-0.3, -0.25) is 4.79 Å². The molecule has 0 saturated carbocycles. The highest BCUT2D eigenvalue weighted by Gasteiger charge is 2.15. The Kier molecular flexibility index (Phi) is 8.77. The maximum Gasteiger partial charge on any atom is 0.247 e. The first kappa shape index (κ1) is 23.3. The number of hydrogen-bond donors (Lipinski definition) is 0. The van der Waals surface area contributed by atoms with E-state index in [-0.39, 0.29) is 0 Å². The van der Waals surface area contributed by atoms with Crippen LogP contribution in [0, 0.1) is 0 Å². The maximum atomic E-state index is 11.3. The molecular formula is C25H29N3O4S. The number of likely N-dealkylation sites (tertiary alicyclic amines) is 1. The van der Waals surface area contributed by atoms with Crippen LogP contribution in [0.2, 0.25) is 0 Å². The number of carbonyl (C=O) groups is 1. The quantitative estimate of drug-likeness (QED) is 0.361. The number of hydrogen-bond acceptors (Lipinski definition) is 8. The van der Waals surface area contributed by atoms with Gasteiger partial charge in [0.25, 0.3) is 0 Å². The van der Waals surface area contributed by atoms with Crippen molar-refractivity contribution in [3.05, 3.63) is 60.5 Å². The van der Waals surface area contributed by atoms with Gasteiger partial charge in [-0.15, -0.1) is 22.0 Å². The number of benzene rings is 2. The van der Waals surface area contributed by atoms with Gasteiger partial charge in [0.2, 0.25) is 11.8 Å². The summed E-state index contributed by atoms with van der Waals surface area (Å²) in [7, 11) is 0. The Morgan fingerprint density at radius 3 is 2.42 bits per heavy atom. The van der Waals surface area contributed by atoms with Crippen LogP contribution in [0.3, 0.4) is 0 Å². The Morgan fingerprint density at radius 1 is 0.909 bits per heavy atom. The van der Waals surface area contributed by atoms with Crippen LogP contribution in [-0.2, 0) is 10.5 Å². The van der Waals surface area contributed by atoms with Crippen molar-refractivity contribution in [2.24, 2.45) is 0 Å². The second kappa shape index (κ2) is 12.4. The van der Waals surface area contributed by atoms with Crippen molar-refractivity contribution >= 4 is 17.5 Å². The van der Waals surface area contributed by atoms with E-state index in [0.29, 0.717) is 49.4 Å². The van der Waals surface area contributed by atoms with E-state index in [1.165, 1.54) is 0 Å². The van der Waals surface area contributed by atoms with Gasteiger partial charge >= 0.3 is 0 Å². The number of ether oxygens (including phenoxy) is 2. The molecule has 0 spiro atoms. The molecule has 0 bridgehead atoms. The highest BCUT2D eigenvalue weighted by Crippen LogP contribution is 2.23. The second-order valence-electron chi connectivity index (χ2n) is 7.82. The topological polar surface area (TPSA) is 77.7 Å². The molecule has 0 radical (unpaired) electrons. The molecule has 1 fully saturated rings. The minimum absolute atomic E-state index is 0.378. The van der Waals surface area contributed by atoms with Gasteiger partial charge in [0, 0.05) is 43.8 Å². The average molecular weight is 468 g/mol. The Hall–Kier alpha value is -2.84. The molecule has 1 aliphatic heterocycles. The van der Waals surface area contributed by atoms with Crippen molar-refractivity contribution in [1.29, 1.82) is 0 Å². The molecule has 174 valence electrons. The summed E-state index contributed by atoms with van der Waals surface area (Å²) in [5.41, 5.74) is 0.872. The molecule has 2 aromatic carbocycles. The Morgan fingerprint density at radius 2 is 1.64 bits per heavy atom. The van der Waals surface area contributed by atoms with Gasteiger partial charge in [0.15, 0.2) is 0 Å². The lowest BCUT2D eigenvalue weighted by Crippen LogP contribution is -2.34. The first-order valence-corrected chi connectivity index (χ1v) is 12.5. The van der Waals surface area contributed by atoms with Gasteiger partial charge in [0.05, 0.1) is 19.0 Å². The number of para-hydroxylation sites is 1. The summed E-state index contributed by atoms with van der Waals surface area (Å²) < 4.78 is 17.3. The summed E-state index contributed by atoms with van der Waals surface area (Å²) in [6.45, 7) is 4.00. The first-order chi connectivity index (χ1) is 16.3. The van der Waals surface area contributed by atoms with E-state index < -0.39 is 0 Å². The zero-order chi connectivity index (χ0) is 22.7. The number of nitrogens with zero attached hydrogens (tertiary/aromatic N) is 3. The molecule has 1 aliphatic rings. The molecule has 1 aromatic heterocycles. The van der Waals surface area contributed by atoms with Gasteiger partial charge in [-0.05, 0) is 42.8 Å². The average Bonchev–Trinajstić information content (AvgIpc) is 3.33. The van der Waals surface area contributed by atoms with Gasteiger partial charge in [-0.1, -0.05) is 18.2 Å². The molecule has 0 amide bonds. The predicted octanol–water partition coefficient (Wildman–Crippen LogP) is 4.48. The monoisotopic (exact) mass is 467 g/mol. The number of carbonyl (C=O) groups excluding carboxylic acids is 1. The SMILES string of the molecule is O=C1CCN(CCCOc2ccc(-c3nnc(CSCCOc4ccccc4)o3)cc2)CC1. The number of piperidine rings is 1. The van der Waals surface area contributed by atoms with Crippen molar-refractivity contribution in [3.8, 4) is 23.0 Å². The van der Waals surface area contributed by atoms with Crippen LogP contribution in [-0.4, -0.2) is 59.5 Å². The van der Waals surface area contributed by atoms with E-state index in [1.54, 1.807) is 11.8 Å². The Labute approximate surface area is 198 Å². The lowest BCUT2D eigenvalue weighted by atomic mass is 10.1. The zero-order valence-corrected chi connectivity index (χ0v) is 19.5. The van der Waals surface area contributed by atoms with Crippen molar-refractivity contribution in [3.63, 3.8) is 0 Å². The Balaban J connectivity index is 1.13. The lowest BCUT2D eigenvalue weighted by molar-refractivity contribution is -0.121. The number of aromatic nitrogens is 2. The molecule has 7 nitrogen and oxygen atoms in total. The van der Waals surface area contributed by atoms with Crippen molar-refractivity contribution in [1.82, 2.24) is 15.1 Å². The second-order valence-corrected chi connectivity index (χ2v) is 8.93. The molecule has 0 aliphatic carbocycles. The summed E-state index contributed by atoms with van der Waals surface area (Å²) in [4.78, 5) is 13.6. The van der Waals surface area contributed by atoms with Crippen LogP contribution >= 0.6 is 11.8 Å². The van der Waals surface area contributed by atoms with Gasteiger partial charge in [-0.25, -0.2) is 0 Å². The van der Waals surface area contributed by atoms with E-state index in [0.717, 1.165) is 48.9 Å². The van der Waals surface area contributed by atoms with Crippen LogP contribution in [0.5, 0.6) is 11.5 Å². The van der Waals surface area contributed by atoms with Gasteiger partial charge in [-0.2, -0.15) is 0 Å². The molecule has 3 aromatic rings. The number of ketones is 1. The van der Waals surface area contributed by atoms with E-state index >= 15 is 0 Å². The third-order valence-corrected chi connectivity index (χ3v) is 6.24. The molecule has 8 heteroatoms. The van der Waals surface area contributed by atoms with Crippen molar-refractivity contribution < 1.29 is 18.7 Å². The molecule has 4 rings (SSSR count). The van der Waals surface area contributed by atoms with Crippen LogP contribution in [0.4, 0.5) is 0 Å². The predicted molar refractivity (Wildman–Crippen MR) is 129 cm³/mol. The zero-order valence-electron chi connectivity index (χ0n) is 18.7. The molecule has 0 atom stereocenters. The molecular weight excluding hydrogens is 438 g/mol. The third-order valence-electron chi connectivity index (χ3n) is 5.33. The number of rotatable bonds is 12. The van der Waals surface area contributed by atoms with Gasteiger partial charge in [0.1, 0.15) is 17.3 Å². The van der Waals surface area contributed by atoms with Crippen LogP contribution in [0.1, 0.15) is 25.2 Å². The van der Waals surface area contributed by atoms with Gasteiger partial charge < -0.3 is 18.8 Å². The molecule has 0 N–H and O–H groups in total. The normalized spacial score (nSPS) is 14.4. The Bertz CT molecular complexity index is 984. The minimum Gasteiger partial charge on any atom is -0.494 e. The van der Waals surface area contributed by atoms with E-state index in [9.17, 15) is 4.79 Å². The molecule has 33 heavy (non-hydrogen) atoms. The number of thioether (sulfide) groups is 1. The van der Waals surface area contributed by atoms with Crippen molar-refractivity contribution in [2.75, 3.05) is 38.6 Å². The summed E-state index contributed by atoms with van der Waals surface area (Å²) in [6, 6.07) is 17.5. The summed E-state index contributed by atoms with van der Waals surface area (Å²) in [5.74, 6) is 4.69. The highest BCUT2D eigenvalue weighted by atomic mass is 32.2. The van der Waals surface area contributed by atoms with Crippen LogP contribution in [0.25, 0.3) is 11.5 Å². The smallest absolute Gasteiger partial charge is 0.247 e. The third kappa shape index (κ3) is 7.61. The molecule has 1 saturated heterocycles. The fourth-order valence-corrected chi connectivity index (χ4v) is 4.16. The largest absolute Gasteiger partial charge is 0.494 e. The summed E-state index contributed by atoms with van der Waals surface area (Å²) in [5, 5.41) is 8.31. The first-order valence-electron chi connectivity index (χ1n) is 11.3. The lowest BCUT2D eigenvalue weighted by Gasteiger charge is -2.25. The highest BCUT2D eigenvalue weighted by molar-refractivity contribution is 7.98. The standard InChI is InChI=1S/C25H29N3O4S/c29-21-11-14-28(15-12-21)13-4-16-30-23-9-7-20(8-10-23)25-27-26-24(32-25)19-33-18-17-31-22-5-2-1-3-6-22/h1-3,5-10H,4,11-19H2. The van der Waals surface area contributed by atoms with E-state index in [2.05, 4.69) is 15.1 Å².